The van der Waals surface area contributed by atoms with Gasteiger partial charge in [0.2, 0.25) is 5.89 Å². The van der Waals surface area contributed by atoms with Crippen LogP contribution in [0.5, 0.6) is 0 Å². The molecule has 0 amide bonds. The molecule has 0 N–H and O–H groups in total. The van der Waals surface area contributed by atoms with Gasteiger partial charge in [0.05, 0.1) is 5.69 Å². The minimum absolute atomic E-state index is 0.218. The molecular formula is C17H11ClN2O2. The van der Waals surface area contributed by atoms with Crippen molar-refractivity contribution in [1.29, 1.82) is 0 Å². The largest absolute Gasteiger partial charge is 0.436 e. The number of halogens is 1. The van der Waals surface area contributed by atoms with Gasteiger partial charge in [-0.1, -0.05) is 29.3 Å². The Morgan fingerprint density at radius 1 is 1.14 bits per heavy atom. The highest BCUT2D eigenvalue weighted by atomic mass is 35.5. The van der Waals surface area contributed by atoms with Gasteiger partial charge in [-0.05, 0) is 43.3 Å². The predicted molar refractivity (Wildman–Crippen MR) is 86.0 cm³/mol. The number of hydrogen-bond acceptors (Lipinski definition) is 3. The van der Waals surface area contributed by atoms with Crippen molar-refractivity contribution in [2.24, 2.45) is 0 Å². The second-order valence-electron chi connectivity index (χ2n) is 5.20. The quantitative estimate of drug-likeness (QED) is 0.533. The fraction of sp³-hybridized carbons (Fsp3) is 0.0588. The van der Waals surface area contributed by atoms with Crippen LogP contribution in [-0.4, -0.2) is 9.78 Å². The first-order valence-electron chi connectivity index (χ1n) is 6.81. The number of aryl methyl sites for hydroxylation is 1. The summed E-state index contributed by atoms with van der Waals surface area (Å²) in [4.78, 5) is 12.6. The zero-order valence-corrected chi connectivity index (χ0v) is 12.5. The van der Waals surface area contributed by atoms with E-state index in [0.29, 0.717) is 27.7 Å². The molecule has 0 aromatic heterocycles. The Kier molecular flexibility index (Phi) is 2.81. The molecule has 5 heteroatoms. The minimum atomic E-state index is -0.218. The number of hydrogen-bond donors (Lipinski definition) is 0. The van der Waals surface area contributed by atoms with Crippen LogP contribution < -0.4 is 5.56 Å². The first-order valence-corrected chi connectivity index (χ1v) is 7.19. The summed E-state index contributed by atoms with van der Waals surface area (Å²) in [5.74, 6) is 0.321. The van der Waals surface area contributed by atoms with Gasteiger partial charge < -0.3 is 4.42 Å². The van der Waals surface area contributed by atoms with Gasteiger partial charge in [-0.15, -0.1) is 5.10 Å². The highest BCUT2D eigenvalue weighted by molar-refractivity contribution is 6.30. The third-order valence-electron chi connectivity index (χ3n) is 3.57. The zero-order chi connectivity index (χ0) is 15.3. The fourth-order valence-electron chi connectivity index (χ4n) is 2.51. The van der Waals surface area contributed by atoms with Gasteiger partial charge in [0, 0.05) is 10.4 Å². The zero-order valence-electron chi connectivity index (χ0n) is 11.7. The summed E-state index contributed by atoms with van der Waals surface area (Å²) in [6.45, 7) is 2.00. The van der Waals surface area contributed by atoms with Crippen LogP contribution in [0, 0.1) is 6.92 Å². The highest BCUT2D eigenvalue weighted by Crippen LogP contribution is 2.26. The molecule has 2 aromatic carbocycles. The van der Waals surface area contributed by atoms with Gasteiger partial charge in [0.1, 0.15) is 11.1 Å². The lowest BCUT2D eigenvalue weighted by Gasteiger charge is -2.00. The molecule has 0 saturated carbocycles. The lowest BCUT2D eigenvalue weighted by molar-refractivity contribution is 0.591. The molecule has 2 aromatic rings. The molecule has 2 aliphatic heterocycles. The summed E-state index contributed by atoms with van der Waals surface area (Å²) < 4.78 is 7.06. The van der Waals surface area contributed by atoms with E-state index in [9.17, 15) is 4.79 Å². The van der Waals surface area contributed by atoms with Gasteiger partial charge >= 0.3 is 0 Å². The highest BCUT2D eigenvalue weighted by Gasteiger charge is 2.19. The molecule has 22 heavy (non-hydrogen) atoms. The third-order valence-corrected chi connectivity index (χ3v) is 3.80. The average molecular weight is 311 g/mol. The average Bonchev–Trinajstić information content (AvgIpc) is 2.82. The van der Waals surface area contributed by atoms with Crippen molar-refractivity contribution in [1.82, 2.24) is 9.78 Å². The molecule has 0 spiro atoms. The van der Waals surface area contributed by atoms with Gasteiger partial charge in [0.15, 0.2) is 0 Å². The normalized spacial score (nSPS) is 11.4. The molecular weight excluding hydrogens is 300 g/mol. The number of nitrogens with zero attached hydrogens (tertiary/aromatic N) is 2. The molecule has 4 nitrogen and oxygen atoms in total. The molecule has 2 heterocycles. The van der Waals surface area contributed by atoms with E-state index in [4.69, 9.17) is 16.0 Å². The van der Waals surface area contributed by atoms with Crippen molar-refractivity contribution in [2.75, 3.05) is 0 Å². The van der Waals surface area contributed by atoms with Gasteiger partial charge in [-0.25, -0.2) is 0 Å². The Morgan fingerprint density at radius 3 is 2.82 bits per heavy atom. The molecule has 0 fully saturated rings. The lowest BCUT2D eigenvalue weighted by atomic mass is 10.1. The van der Waals surface area contributed by atoms with Crippen LogP contribution in [0.25, 0.3) is 28.1 Å². The molecule has 2 aliphatic rings. The van der Waals surface area contributed by atoms with E-state index < -0.39 is 0 Å². The summed E-state index contributed by atoms with van der Waals surface area (Å²) in [6.07, 6.45) is 0. The second kappa shape index (κ2) is 4.71. The van der Waals surface area contributed by atoms with Crippen LogP contribution >= 0.6 is 11.6 Å². The monoisotopic (exact) mass is 310 g/mol. The van der Waals surface area contributed by atoms with Crippen LogP contribution in [0.15, 0.2) is 57.7 Å². The Hall–Kier alpha value is -2.59. The summed E-state index contributed by atoms with van der Waals surface area (Å²) in [7, 11) is 0. The summed E-state index contributed by atoms with van der Waals surface area (Å²) in [5, 5.41) is 5.71. The summed E-state index contributed by atoms with van der Waals surface area (Å²) in [6, 6.07) is 14.6. The van der Waals surface area contributed by atoms with E-state index in [-0.39, 0.29) is 5.56 Å². The van der Waals surface area contributed by atoms with Crippen LogP contribution in [0.1, 0.15) is 5.56 Å². The van der Waals surface area contributed by atoms with E-state index in [1.165, 1.54) is 4.68 Å². The van der Waals surface area contributed by atoms with Crippen molar-refractivity contribution in [3.63, 3.8) is 0 Å². The van der Waals surface area contributed by atoms with Gasteiger partial charge in [-0.2, -0.15) is 4.68 Å². The van der Waals surface area contributed by atoms with Crippen molar-refractivity contribution < 1.29 is 4.42 Å². The smallest absolute Gasteiger partial charge is 0.284 e. The topological polar surface area (TPSA) is 48.0 Å². The Morgan fingerprint density at radius 2 is 2.00 bits per heavy atom. The maximum atomic E-state index is 12.6. The number of aromatic nitrogens is 2. The Bertz CT molecular complexity index is 1030. The van der Waals surface area contributed by atoms with E-state index >= 15 is 0 Å². The van der Waals surface area contributed by atoms with E-state index in [0.717, 1.165) is 10.9 Å². The van der Waals surface area contributed by atoms with E-state index in [1.54, 1.807) is 24.3 Å². The number of fused-ring (bicyclic) bond motifs is 2. The van der Waals surface area contributed by atoms with Crippen molar-refractivity contribution >= 4 is 22.6 Å². The molecule has 0 radical (unpaired) electrons. The first-order chi connectivity index (χ1) is 10.6. The number of benzene rings is 2. The van der Waals surface area contributed by atoms with Crippen LogP contribution in [0.2, 0.25) is 5.02 Å². The Balaban J connectivity index is 2.03. The number of rotatable bonds is 1. The van der Waals surface area contributed by atoms with Gasteiger partial charge in [-0.3, -0.25) is 4.79 Å². The molecule has 0 saturated heterocycles. The predicted octanol–water partition coefficient (Wildman–Crippen LogP) is 4.05. The van der Waals surface area contributed by atoms with Crippen LogP contribution in [-0.2, 0) is 0 Å². The summed E-state index contributed by atoms with van der Waals surface area (Å²) >= 11 is 5.98. The fourth-order valence-corrected chi connectivity index (χ4v) is 2.70. The molecule has 4 rings (SSSR count). The van der Waals surface area contributed by atoms with Crippen molar-refractivity contribution in [3.05, 3.63) is 69.5 Å². The SMILES string of the molecule is Cc1ccc2oc3nn(-c4cccc(Cl)c4)c(=O)c-3cc2c1. The van der Waals surface area contributed by atoms with Crippen molar-refractivity contribution in [3.8, 4) is 17.1 Å². The standard InChI is InChI=1S/C17H11ClN2O2/c1-10-5-6-15-11(7-10)8-14-16(22-15)19-20(17(14)21)13-4-2-3-12(18)9-13/h2-9H,1H3. The van der Waals surface area contributed by atoms with E-state index in [2.05, 4.69) is 5.10 Å². The maximum absolute atomic E-state index is 12.6. The molecule has 0 aliphatic carbocycles. The first kappa shape index (κ1) is 13.1. The summed E-state index contributed by atoms with van der Waals surface area (Å²) in [5.41, 5.74) is 2.66. The lowest BCUT2D eigenvalue weighted by Crippen LogP contribution is -2.14. The minimum Gasteiger partial charge on any atom is -0.436 e. The maximum Gasteiger partial charge on any atom is 0.284 e. The Labute approximate surface area is 130 Å². The van der Waals surface area contributed by atoms with Crippen LogP contribution in [0.3, 0.4) is 0 Å². The molecule has 108 valence electrons. The van der Waals surface area contributed by atoms with Crippen LogP contribution in [0.4, 0.5) is 0 Å². The molecule has 0 atom stereocenters. The second-order valence-corrected chi connectivity index (χ2v) is 5.64. The van der Waals surface area contributed by atoms with Crippen molar-refractivity contribution in [2.45, 2.75) is 6.92 Å². The van der Waals surface area contributed by atoms with Gasteiger partial charge in [0.25, 0.3) is 5.56 Å². The third kappa shape index (κ3) is 2.00. The molecule has 0 bridgehead atoms. The van der Waals surface area contributed by atoms with E-state index in [1.807, 2.05) is 31.2 Å². The molecule has 0 unspecified atom stereocenters.